The summed E-state index contributed by atoms with van der Waals surface area (Å²) < 4.78 is 75.5. The summed E-state index contributed by atoms with van der Waals surface area (Å²) >= 11 is 0. The zero-order valence-corrected chi connectivity index (χ0v) is 21.1. The molecule has 0 unspecified atom stereocenters. The van der Waals surface area contributed by atoms with Gasteiger partial charge in [0.15, 0.2) is 0 Å². The molecule has 4 rings (SSSR count). The van der Waals surface area contributed by atoms with Crippen LogP contribution in [0, 0.1) is 13.8 Å². The number of rotatable bonds is 3. The van der Waals surface area contributed by atoms with Crippen molar-refractivity contribution in [3.8, 4) is 5.75 Å². The molecule has 2 aliphatic rings. The normalized spacial score (nSPS) is 20.2. The zero-order valence-electron chi connectivity index (χ0n) is 21.1. The Morgan fingerprint density at radius 3 is 2.08 bits per heavy atom. The summed E-state index contributed by atoms with van der Waals surface area (Å²) in [5, 5.41) is 14.2. The first-order valence-electron chi connectivity index (χ1n) is 11.5. The number of hydrogen-bond donors (Lipinski definition) is 2. The third kappa shape index (κ3) is 9.66. The van der Waals surface area contributed by atoms with Gasteiger partial charge in [0.1, 0.15) is 11.9 Å². The van der Waals surface area contributed by atoms with E-state index < -0.39 is 24.3 Å². The van der Waals surface area contributed by atoms with Gasteiger partial charge in [0.05, 0.1) is 24.9 Å². The minimum atomic E-state index is -5.08. The Labute approximate surface area is 223 Å². The fourth-order valence-corrected chi connectivity index (χ4v) is 3.93. The molecule has 2 aromatic heterocycles. The van der Waals surface area contributed by atoms with Crippen LogP contribution >= 0.6 is 0 Å². The number of pyridine rings is 2. The van der Waals surface area contributed by atoms with Gasteiger partial charge < -0.3 is 24.6 Å². The summed E-state index contributed by atoms with van der Waals surface area (Å²) in [4.78, 5) is 41.0. The van der Waals surface area contributed by atoms with Crippen molar-refractivity contribution in [2.75, 3.05) is 19.7 Å². The Kier molecular flexibility index (Phi) is 10.4. The summed E-state index contributed by atoms with van der Waals surface area (Å²) in [5.74, 6) is -4.71. The molecule has 40 heavy (non-hydrogen) atoms. The molecule has 0 bridgehead atoms. The molecule has 2 saturated heterocycles. The van der Waals surface area contributed by atoms with E-state index in [1.165, 1.54) is 0 Å². The van der Waals surface area contributed by atoms with Crippen molar-refractivity contribution in [2.24, 2.45) is 0 Å². The molecule has 4 heterocycles. The standard InChI is InChI=1S/C20H23N3O3.2C2HF3O2/c1-14-8-16(9-15(2)22-14)19(24)23-7-5-20(13-23)10-18(12-25-20)26-17-4-3-6-21-11-17;2*3-2(4,5)1(6)7/h3-4,6,8-9,11,18H,5,7,10,12-13H2,1-2H3;2*(H,6,7)/t18-,20+;;/m1../s1. The van der Waals surface area contributed by atoms with Gasteiger partial charge in [-0.25, -0.2) is 9.59 Å². The first kappa shape index (κ1) is 32.3. The number of aryl methyl sites for hydroxylation is 2. The van der Waals surface area contributed by atoms with E-state index in [9.17, 15) is 31.1 Å². The molecule has 0 radical (unpaired) electrons. The number of carbonyl (C=O) groups excluding carboxylic acids is 1. The second-order valence-electron chi connectivity index (χ2n) is 8.85. The molecule has 1 spiro atoms. The molecule has 2 N–H and O–H groups in total. The topological polar surface area (TPSA) is 139 Å². The molecule has 16 heteroatoms. The lowest BCUT2D eigenvalue weighted by atomic mass is 9.98. The average Bonchev–Trinajstić information content (AvgIpc) is 3.44. The SMILES string of the molecule is Cc1cc(C(=O)N2CC[C@]3(C[C@@H](Oc4cccnc4)CO3)C2)cc(C)n1.O=C(O)C(F)(F)F.O=C(O)C(F)(F)F. The quantitative estimate of drug-likeness (QED) is 0.518. The first-order valence-corrected chi connectivity index (χ1v) is 11.5. The maximum absolute atomic E-state index is 12.9. The predicted molar refractivity (Wildman–Crippen MR) is 124 cm³/mol. The Morgan fingerprint density at radius 2 is 1.60 bits per heavy atom. The smallest absolute Gasteiger partial charge is 0.486 e. The number of carbonyl (C=O) groups is 3. The second-order valence-corrected chi connectivity index (χ2v) is 8.85. The lowest BCUT2D eigenvalue weighted by molar-refractivity contribution is -0.193. The van der Waals surface area contributed by atoms with E-state index in [2.05, 4.69) is 9.97 Å². The highest BCUT2D eigenvalue weighted by atomic mass is 19.4. The Bertz CT molecular complexity index is 1150. The van der Waals surface area contributed by atoms with Crippen LogP contribution in [0.5, 0.6) is 5.75 Å². The maximum atomic E-state index is 12.9. The molecule has 0 saturated carbocycles. The Hall–Kier alpha value is -3.95. The van der Waals surface area contributed by atoms with Crippen LogP contribution in [-0.4, -0.2) is 86.7 Å². The summed E-state index contributed by atoms with van der Waals surface area (Å²) in [6, 6.07) is 7.46. The van der Waals surface area contributed by atoms with E-state index in [4.69, 9.17) is 29.3 Å². The van der Waals surface area contributed by atoms with E-state index in [0.717, 1.165) is 30.0 Å². The van der Waals surface area contributed by atoms with Crippen molar-refractivity contribution < 1.29 is 60.4 Å². The largest absolute Gasteiger partial charge is 0.490 e. The number of carboxylic acids is 2. The van der Waals surface area contributed by atoms with E-state index >= 15 is 0 Å². The van der Waals surface area contributed by atoms with E-state index in [1.807, 2.05) is 43.0 Å². The number of likely N-dealkylation sites (tertiary alicyclic amines) is 1. The molecule has 10 nitrogen and oxygen atoms in total. The third-order valence-corrected chi connectivity index (χ3v) is 5.53. The lowest BCUT2D eigenvalue weighted by Crippen LogP contribution is -2.36. The summed E-state index contributed by atoms with van der Waals surface area (Å²) in [5.41, 5.74) is 2.14. The van der Waals surface area contributed by atoms with Gasteiger partial charge in [0.2, 0.25) is 0 Å². The van der Waals surface area contributed by atoms with Gasteiger partial charge in [-0.2, -0.15) is 26.3 Å². The van der Waals surface area contributed by atoms with Crippen LogP contribution in [0.3, 0.4) is 0 Å². The lowest BCUT2D eigenvalue weighted by Gasteiger charge is -2.23. The van der Waals surface area contributed by atoms with Gasteiger partial charge >= 0.3 is 24.3 Å². The van der Waals surface area contributed by atoms with E-state index in [1.54, 1.807) is 12.4 Å². The van der Waals surface area contributed by atoms with E-state index in [-0.39, 0.29) is 17.6 Å². The third-order valence-electron chi connectivity index (χ3n) is 5.53. The Balaban J connectivity index is 0.000000333. The number of alkyl halides is 6. The molecule has 0 aliphatic carbocycles. The van der Waals surface area contributed by atoms with Gasteiger partial charge in [-0.05, 0) is 44.5 Å². The number of carboxylic acid groups (broad SMARTS) is 2. The molecule has 2 fully saturated rings. The first-order chi connectivity index (χ1) is 18.4. The van der Waals surface area contributed by atoms with Crippen molar-refractivity contribution in [3.63, 3.8) is 0 Å². The predicted octanol–water partition coefficient (Wildman–Crippen LogP) is 3.81. The van der Waals surface area contributed by atoms with Gasteiger partial charge in [-0.1, -0.05) is 0 Å². The molecule has 2 aromatic rings. The van der Waals surface area contributed by atoms with Gasteiger partial charge in [-0.3, -0.25) is 14.8 Å². The van der Waals surface area contributed by atoms with Crippen LogP contribution in [0.15, 0.2) is 36.7 Å². The van der Waals surface area contributed by atoms with Crippen LogP contribution in [0.2, 0.25) is 0 Å². The average molecular weight is 581 g/mol. The molecular weight excluding hydrogens is 556 g/mol. The molecule has 0 aromatic carbocycles. The van der Waals surface area contributed by atoms with Crippen LogP contribution in [0.4, 0.5) is 26.3 Å². The highest BCUT2D eigenvalue weighted by Crippen LogP contribution is 2.37. The van der Waals surface area contributed by atoms with Crippen molar-refractivity contribution in [1.82, 2.24) is 14.9 Å². The van der Waals surface area contributed by atoms with Crippen LogP contribution in [0.1, 0.15) is 34.6 Å². The fourth-order valence-electron chi connectivity index (χ4n) is 3.93. The minimum absolute atomic E-state index is 0.000309. The van der Waals surface area contributed by atoms with Crippen molar-refractivity contribution in [1.29, 1.82) is 0 Å². The number of aliphatic carboxylic acids is 2. The molecule has 2 atom stereocenters. The van der Waals surface area contributed by atoms with Gasteiger partial charge in [0.25, 0.3) is 5.91 Å². The highest BCUT2D eigenvalue weighted by Gasteiger charge is 2.47. The molecule has 220 valence electrons. The zero-order chi connectivity index (χ0) is 30.3. The number of aromatic nitrogens is 2. The van der Waals surface area contributed by atoms with Crippen molar-refractivity contribution in [2.45, 2.75) is 50.7 Å². The van der Waals surface area contributed by atoms with Crippen molar-refractivity contribution in [3.05, 3.63) is 53.6 Å². The number of amides is 1. The summed E-state index contributed by atoms with van der Waals surface area (Å²) in [6.45, 7) is 5.69. The second kappa shape index (κ2) is 12.9. The molecule has 1 amide bonds. The summed E-state index contributed by atoms with van der Waals surface area (Å²) in [6.07, 6.45) is -5.10. The number of hydrogen-bond acceptors (Lipinski definition) is 7. The number of nitrogens with zero attached hydrogens (tertiary/aromatic N) is 3. The van der Waals surface area contributed by atoms with Crippen LogP contribution in [-0.2, 0) is 14.3 Å². The minimum Gasteiger partial charge on any atom is -0.486 e. The maximum Gasteiger partial charge on any atom is 0.490 e. The fraction of sp³-hybridized carbons (Fsp3) is 0.458. The summed E-state index contributed by atoms with van der Waals surface area (Å²) in [7, 11) is 0. The monoisotopic (exact) mass is 581 g/mol. The Morgan fingerprint density at radius 1 is 1.05 bits per heavy atom. The number of ether oxygens (including phenoxy) is 2. The van der Waals surface area contributed by atoms with E-state index in [0.29, 0.717) is 25.3 Å². The van der Waals surface area contributed by atoms with Crippen LogP contribution < -0.4 is 4.74 Å². The molecule has 2 aliphatic heterocycles. The van der Waals surface area contributed by atoms with Gasteiger partial charge in [-0.15, -0.1) is 0 Å². The van der Waals surface area contributed by atoms with Gasteiger partial charge in [0, 0.05) is 36.1 Å². The molecular formula is C24H25F6N3O7. The highest BCUT2D eigenvalue weighted by molar-refractivity contribution is 5.94. The van der Waals surface area contributed by atoms with Crippen LogP contribution in [0.25, 0.3) is 0 Å². The number of halogens is 6. The van der Waals surface area contributed by atoms with Crippen molar-refractivity contribution >= 4 is 17.8 Å².